The van der Waals surface area contributed by atoms with Gasteiger partial charge < -0.3 is 5.73 Å². The Morgan fingerprint density at radius 1 is 1.35 bits per heavy atom. The van der Waals surface area contributed by atoms with Gasteiger partial charge in [-0.25, -0.2) is 12.8 Å². The number of hydrogen-bond acceptors (Lipinski definition) is 4. The molecule has 8 heteroatoms. The van der Waals surface area contributed by atoms with Gasteiger partial charge in [0.2, 0.25) is 10.0 Å². The summed E-state index contributed by atoms with van der Waals surface area (Å²) < 4.78 is 39.6. The standard InChI is InChI=1S/C12H12ClFN2O2S2/c1-16(7-9-3-5-12(13)19-9)20(17,18)11-6-8(14)2-4-10(11)15/h2-6H,7,15H2,1H3. The fourth-order valence-corrected chi connectivity index (χ4v) is 4.14. The van der Waals surface area contributed by atoms with Crippen molar-refractivity contribution in [3.05, 3.63) is 45.4 Å². The van der Waals surface area contributed by atoms with Crippen molar-refractivity contribution in [2.24, 2.45) is 0 Å². The lowest BCUT2D eigenvalue weighted by Gasteiger charge is -2.17. The third-order valence-corrected chi connectivity index (χ3v) is 5.75. The molecule has 108 valence electrons. The van der Waals surface area contributed by atoms with Crippen molar-refractivity contribution in [3.63, 3.8) is 0 Å². The summed E-state index contributed by atoms with van der Waals surface area (Å²) in [6, 6.07) is 6.71. The van der Waals surface area contributed by atoms with E-state index in [0.717, 1.165) is 21.3 Å². The summed E-state index contributed by atoms with van der Waals surface area (Å²) in [5, 5.41) is 0. The third-order valence-electron chi connectivity index (χ3n) is 2.67. The van der Waals surface area contributed by atoms with E-state index in [1.807, 2.05) is 0 Å². The Bertz CT molecular complexity index is 731. The van der Waals surface area contributed by atoms with Gasteiger partial charge in [0.25, 0.3) is 0 Å². The summed E-state index contributed by atoms with van der Waals surface area (Å²) in [6.07, 6.45) is 0. The summed E-state index contributed by atoms with van der Waals surface area (Å²) in [6.45, 7) is 0.148. The Morgan fingerprint density at radius 3 is 2.65 bits per heavy atom. The fraction of sp³-hybridized carbons (Fsp3) is 0.167. The van der Waals surface area contributed by atoms with Gasteiger partial charge >= 0.3 is 0 Å². The number of sulfonamides is 1. The number of hydrogen-bond donors (Lipinski definition) is 1. The number of anilines is 1. The van der Waals surface area contributed by atoms with Gasteiger partial charge in [0.1, 0.15) is 10.7 Å². The van der Waals surface area contributed by atoms with E-state index >= 15 is 0 Å². The zero-order chi connectivity index (χ0) is 14.9. The molecule has 1 heterocycles. The van der Waals surface area contributed by atoms with Crippen LogP contribution in [0.2, 0.25) is 4.34 Å². The summed E-state index contributed by atoms with van der Waals surface area (Å²) in [7, 11) is -2.44. The van der Waals surface area contributed by atoms with Crippen molar-refractivity contribution >= 4 is 38.6 Å². The van der Waals surface area contributed by atoms with Crippen LogP contribution in [0.1, 0.15) is 4.88 Å². The molecule has 4 nitrogen and oxygen atoms in total. The zero-order valence-corrected chi connectivity index (χ0v) is 12.9. The minimum atomic E-state index is -3.85. The molecule has 0 atom stereocenters. The largest absolute Gasteiger partial charge is 0.398 e. The minimum Gasteiger partial charge on any atom is -0.398 e. The van der Waals surface area contributed by atoms with Crippen LogP contribution in [0.5, 0.6) is 0 Å². The van der Waals surface area contributed by atoms with Crippen molar-refractivity contribution in [1.29, 1.82) is 0 Å². The van der Waals surface area contributed by atoms with E-state index in [9.17, 15) is 12.8 Å². The summed E-state index contributed by atoms with van der Waals surface area (Å²) in [4.78, 5) is 0.554. The van der Waals surface area contributed by atoms with Crippen LogP contribution < -0.4 is 5.73 Å². The molecule has 0 aliphatic heterocycles. The maximum absolute atomic E-state index is 13.2. The quantitative estimate of drug-likeness (QED) is 0.874. The van der Waals surface area contributed by atoms with Crippen LogP contribution in [-0.4, -0.2) is 19.8 Å². The molecule has 0 saturated heterocycles. The summed E-state index contributed by atoms with van der Waals surface area (Å²) >= 11 is 7.09. The van der Waals surface area contributed by atoms with E-state index in [-0.39, 0.29) is 17.1 Å². The minimum absolute atomic E-state index is 0.0162. The molecule has 0 radical (unpaired) electrons. The molecule has 2 aromatic rings. The van der Waals surface area contributed by atoms with Crippen molar-refractivity contribution in [1.82, 2.24) is 4.31 Å². The topological polar surface area (TPSA) is 63.4 Å². The van der Waals surface area contributed by atoms with Crippen LogP contribution >= 0.6 is 22.9 Å². The molecule has 2 N–H and O–H groups in total. The first kappa shape index (κ1) is 15.2. The fourth-order valence-electron chi connectivity index (χ4n) is 1.64. The molecule has 0 fully saturated rings. The van der Waals surface area contributed by atoms with E-state index < -0.39 is 15.8 Å². The first-order valence-electron chi connectivity index (χ1n) is 5.56. The molecule has 20 heavy (non-hydrogen) atoms. The van der Waals surface area contributed by atoms with E-state index in [1.54, 1.807) is 12.1 Å². The van der Waals surface area contributed by atoms with Gasteiger partial charge in [0.15, 0.2) is 0 Å². The average Bonchev–Trinajstić information content (AvgIpc) is 2.77. The summed E-state index contributed by atoms with van der Waals surface area (Å²) in [5.74, 6) is -0.648. The monoisotopic (exact) mass is 334 g/mol. The van der Waals surface area contributed by atoms with E-state index in [2.05, 4.69) is 0 Å². The van der Waals surface area contributed by atoms with Crippen LogP contribution in [0.3, 0.4) is 0 Å². The molecule has 0 spiro atoms. The maximum atomic E-state index is 13.2. The molecule has 0 aliphatic rings. The second-order valence-electron chi connectivity index (χ2n) is 4.15. The highest BCUT2D eigenvalue weighted by molar-refractivity contribution is 7.89. The molecule has 0 amide bonds. The van der Waals surface area contributed by atoms with Gasteiger partial charge in [-0.05, 0) is 30.3 Å². The molecule has 2 rings (SSSR count). The molecular formula is C12H12ClFN2O2S2. The zero-order valence-electron chi connectivity index (χ0n) is 10.5. The number of nitrogens with zero attached hydrogens (tertiary/aromatic N) is 1. The normalized spacial score (nSPS) is 12.0. The van der Waals surface area contributed by atoms with Crippen molar-refractivity contribution in [3.8, 4) is 0 Å². The molecular weight excluding hydrogens is 323 g/mol. The predicted octanol–water partition coefficient (Wildman–Crippen LogP) is 2.94. The molecule has 1 aromatic heterocycles. The van der Waals surface area contributed by atoms with Gasteiger partial charge in [-0.2, -0.15) is 4.31 Å². The number of rotatable bonds is 4. The lowest BCUT2D eigenvalue weighted by atomic mass is 10.3. The van der Waals surface area contributed by atoms with Gasteiger partial charge in [0.05, 0.1) is 10.0 Å². The first-order valence-corrected chi connectivity index (χ1v) is 8.20. The molecule has 1 aromatic carbocycles. The second kappa shape index (κ2) is 5.69. The van der Waals surface area contributed by atoms with Gasteiger partial charge in [0, 0.05) is 18.5 Å². The molecule has 0 bridgehead atoms. The Kier molecular flexibility index (Phi) is 4.33. The van der Waals surface area contributed by atoms with E-state index in [0.29, 0.717) is 4.34 Å². The van der Waals surface area contributed by atoms with Crippen molar-refractivity contribution < 1.29 is 12.8 Å². The average molecular weight is 335 g/mol. The number of thiophene rings is 1. The summed E-state index contributed by atoms with van der Waals surface area (Å²) in [5.41, 5.74) is 5.64. The SMILES string of the molecule is CN(Cc1ccc(Cl)s1)S(=O)(=O)c1cc(F)ccc1N. The van der Waals surface area contributed by atoms with Gasteiger partial charge in [-0.3, -0.25) is 0 Å². The number of nitrogen functional groups attached to an aromatic ring is 1. The Hall–Kier alpha value is -1.15. The van der Waals surface area contributed by atoms with E-state index in [4.69, 9.17) is 17.3 Å². The maximum Gasteiger partial charge on any atom is 0.245 e. The first-order chi connectivity index (χ1) is 9.30. The smallest absolute Gasteiger partial charge is 0.245 e. The highest BCUT2D eigenvalue weighted by Crippen LogP contribution is 2.27. The Balaban J connectivity index is 2.32. The van der Waals surface area contributed by atoms with Crippen LogP contribution in [0.4, 0.5) is 10.1 Å². The number of halogens is 2. The Labute approximate surface area is 125 Å². The molecule has 0 unspecified atom stereocenters. The van der Waals surface area contributed by atoms with Crippen molar-refractivity contribution in [2.75, 3.05) is 12.8 Å². The Morgan fingerprint density at radius 2 is 2.05 bits per heavy atom. The highest BCUT2D eigenvalue weighted by Gasteiger charge is 2.24. The van der Waals surface area contributed by atoms with Gasteiger partial charge in [-0.15, -0.1) is 11.3 Å². The van der Waals surface area contributed by atoms with Crippen LogP contribution in [0.25, 0.3) is 0 Å². The highest BCUT2D eigenvalue weighted by atomic mass is 35.5. The van der Waals surface area contributed by atoms with Crippen LogP contribution in [0.15, 0.2) is 35.2 Å². The van der Waals surface area contributed by atoms with Crippen LogP contribution in [0, 0.1) is 5.82 Å². The molecule has 0 saturated carbocycles. The predicted molar refractivity (Wildman–Crippen MR) is 78.8 cm³/mol. The second-order valence-corrected chi connectivity index (χ2v) is 7.96. The van der Waals surface area contributed by atoms with E-state index in [1.165, 1.54) is 24.5 Å². The van der Waals surface area contributed by atoms with Crippen LogP contribution in [-0.2, 0) is 16.6 Å². The lowest BCUT2D eigenvalue weighted by molar-refractivity contribution is 0.469. The number of nitrogens with two attached hydrogens (primary N) is 1. The van der Waals surface area contributed by atoms with Gasteiger partial charge in [-0.1, -0.05) is 11.6 Å². The molecule has 0 aliphatic carbocycles. The number of benzene rings is 1. The van der Waals surface area contributed by atoms with Crippen molar-refractivity contribution in [2.45, 2.75) is 11.4 Å². The lowest BCUT2D eigenvalue weighted by Crippen LogP contribution is -2.27. The third kappa shape index (κ3) is 3.12.